The Labute approximate surface area is 150 Å². The highest BCUT2D eigenvalue weighted by Gasteiger charge is 2.16. The van der Waals surface area contributed by atoms with Gasteiger partial charge in [-0.2, -0.15) is 0 Å². The molecule has 1 aliphatic rings. The molecule has 0 aromatic heterocycles. The fourth-order valence-electron chi connectivity index (χ4n) is 3.21. The van der Waals surface area contributed by atoms with Crippen molar-refractivity contribution in [3.8, 4) is 0 Å². The van der Waals surface area contributed by atoms with Crippen LogP contribution in [-0.4, -0.2) is 14.5 Å². The number of benzene rings is 2. The molecule has 25 heavy (non-hydrogen) atoms. The molecular formula is C20H26N2O2S. The number of anilines is 2. The summed E-state index contributed by atoms with van der Waals surface area (Å²) in [5.41, 5.74) is 3.67. The van der Waals surface area contributed by atoms with Gasteiger partial charge in [-0.3, -0.25) is 4.72 Å². The Morgan fingerprint density at radius 1 is 0.840 bits per heavy atom. The van der Waals surface area contributed by atoms with Crippen molar-refractivity contribution in [1.82, 2.24) is 0 Å². The molecule has 0 radical (unpaired) electrons. The predicted molar refractivity (Wildman–Crippen MR) is 104 cm³/mol. The van der Waals surface area contributed by atoms with Gasteiger partial charge < -0.3 is 5.32 Å². The molecule has 4 nitrogen and oxygen atoms in total. The van der Waals surface area contributed by atoms with Gasteiger partial charge in [0.15, 0.2) is 0 Å². The molecule has 5 heteroatoms. The summed E-state index contributed by atoms with van der Waals surface area (Å²) in [5, 5.41) is 3.54. The summed E-state index contributed by atoms with van der Waals surface area (Å²) in [6.07, 6.45) is 6.32. The first kappa shape index (κ1) is 17.8. The van der Waals surface area contributed by atoms with Crippen LogP contribution in [0.5, 0.6) is 0 Å². The van der Waals surface area contributed by atoms with Crippen molar-refractivity contribution >= 4 is 21.4 Å². The lowest BCUT2D eigenvalue weighted by atomic mass is 9.95. The SMILES string of the molecule is Cc1ccc(S(=O)(=O)Nc2ccc(NC3CCCCC3)cc2)cc1C. The first-order chi connectivity index (χ1) is 11.9. The van der Waals surface area contributed by atoms with Gasteiger partial charge in [-0.1, -0.05) is 25.3 Å². The van der Waals surface area contributed by atoms with Gasteiger partial charge in [-0.15, -0.1) is 0 Å². The number of nitrogens with one attached hydrogen (secondary N) is 2. The van der Waals surface area contributed by atoms with E-state index in [-0.39, 0.29) is 0 Å². The average molecular weight is 359 g/mol. The van der Waals surface area contributed by atoms with E-state index in [1.54, 1.807) is 12.1 Å². The first-order valence-corrected chi connectivity index (χ1v) is 10.4. The summed E-state index contributed by atoms with van der Waals surface area (Å²) in [6, 6.07) is 13.2. The van der Waals surface area contributed by atoms with Crippen LogP contribution in [0.2, 0.25) is 0 Å². The quantitative estimate of drug-likeness (QED) is 0.803. The molecule has 1 fully saturated rings. The molecule has 0 aliphatic heterocycles. The van der Waals surface area contributed by atoms with Crippen LogP contribution in [0.1, 0.15) is 43.2 Å². The van der Waals surface area contributed by atoms with Crippen LogP contribution in [0.15, 0.2) is 47.4 Å². The van der Waals surface area contributed by atoms with E-state index >= 15 is 0 Å². The van der Waals surface area contributed by atoms with E-state index in [2.05, 4.69) is 10.0 Å². The van der Waals surface area contributed by atoms with Crippen LogP contribution in [0, 0.1) is 13.8 Å². The number of hydrogen-bond donors (Lipinski definition) is 2. The minimum atomic E-state index is -3.56. The van der Waals surface area contributed by atoms with E-state index in [9.17, 15) is 8.42 Å². The maximum atomic E-state index is 12.5. The molecule has 3 rings (SSSR count). The third-order valence-corrected chi connectivity index (χ3v) is 6.28. The first-order valence-electron chi connectivity index (χ1n) is 8.91. The lowest BCUT2D eigenvalue weighted by Crippen LogP contribution is -2.22. The summed E-state index contributed by atoms with van der Waals surface area (Å²) >= 11 is 0. The molecule has 0 spiro atoms. The van der Waals surface area contributed by atoms with E-state index in [0.29, 0.717) is 16.6 Å². The number of rotatable bonds is 5. The Bertz CT molecular complexity index is 823. The molecule has 2 N–H and O–H groups in total. The molecule has 134 valence electrons. The predicted octanol–water partition coefficient (Wildman–Crippen LogP) is 4.85. The van der Waals surface area contributed by atoms with Crippen molar-refractivity contribution in [3.63, 3.8) is 0 Å². The molecule has 2 aromatic carbocycles. The van der Waals surface area contributed by atoms with Crippen molar-refractivity contribution in [2.75, 3.05) is 10.0 Å². The number of aryl methyl sites for hydroxylation is 2. The smallest absolute Gasteiger partial charge is 0.261 e. The van der Waals surface area contributed by atoms with E-state index in [0.717, 1.165) is 16.8 Å². The van der Waals surface area contributed by atoms with Crippen molar-refractivity contribution in [2.45, 2.75) is 56.9 Å². The van der Waals surface area contributed by atoms with E-state index in [1.165, 1.54) is 32.1 Å². The second-order valence-electron chi connectivity index (χ2n) is 6.91. The van der Waals surface area contributed by atoms with Gasteiger partial charge in [0, 0.05) is 17.4 Å². The van der Waals surface area contributed by atoms with Crippen LogP contribution in [-0.2, 0) is 10.0 Å². The zero-order valence-corrected chi connectivity index (χ0v) is 15.7. The largest absolute Gasteiger partial charge is 0.382 e. The van der Waals surface area contributed by atoms with Crippen molar-refractivity contribution < 1.29 is 8.42 Å². The maximum Gasteiger partial charge on any atom is 0.261 e. The second kappa shape index (κ2) is 7.48. The molecule has 2 aromatic rings. The Morgan fingerprint density at radius 2 is 1.48 bits per heavy atom. The highest BCUT2D eigenvalue weighted by Crippen LogP contribution is 2.24. The van der Waals surface area contributed by atoms with Crippen molar-refractivity contribution in [2.24, 2.45) is 0 Å². The molecule has 0 heterocycles. The summed E-state index contributed by atoms with van der Waals surface area (Å²) in [5.74, 6) is 0. The second-order valence-corrected chi connectivity index (χ2v) is 8.59. The van der Waals surface area contributed by atoms with E-state index in [4.69, 9.17) is 0 Å². The third kappa shape index (κ3) is 4.54. The molecule has 0 amide bonds. The topological polar surface area (TPSA) is 58.2 Å². The van der Waals surface area contributed by atoms with Gasteiger partial charge in [0.1, 0.15) is 0 Å². The normalized spacial score (nSPS) is 15.8. The van der Waals surface area contributed by atoms with Crippen LogP contribution in [0.3, 0.4) is 0 Å². The molecular weight excluding hydrogens is 332 g/mol. The lowest BCUT2D eigenvalue weighted by molar-refractivity contribution is 0.463. The highest BCUT2D eigenvalue weighted by molar-refractivity contribution is 7.92. The fraction of sp³-hybridized carbons (Fsp3) is 0.400. The van der Waals surface area contributed by atoms with Crippen LogP contribution >= 0.6 is 0 Å². The number of hydrogen-bond acceptors (Lipinski definition) is 3. The Morgan fingerprint density at radius 3 is 2.12 bits per heavy atom. The zero-order valence-electron chi connectivity index (χ0n) is 14.9. The van der Waals surface area contributed by atoms with Gasteiger partial charge >= 0.3 is 0 Å². The molecule has 0 atom stereocenters. The minimum absolute atomic E-state index is 0.292. The van der Waals surface area contributed by atoms with Gasteiger partial charge in [0.25, 0.3) is 10.0 Å². The average Bonchev–Trinajstić information content (AvgIpc) is 2.60. The molecule has 0 bridgehead atoms. The van der Waals surface area contributed by atoms with Gasteiger partial charge in [-0.05, 0) is 74.2 Å². The van der Waals surface area contributed by atoms with Crippen molar-refractivity contribution in [1.29, 1.82) is 0 Å². The standard InChI is InChI=1S/C20H26N2O2S/c1-15-8-13-20(14-16(15)2)25(23,24)22-19-11-9-18(10-12-19)21-17-6-4-3-5-7-17/h8-14,17,21-22H,3-7H2,1-2H3. The lowest BCUT2D eigenvalue weighted by Gasteiger charge is -2.24. The monoisotopic (exact) mass is 358 g/mol. The summed E-state index contributed by atoms with van der Waals surface area (Å²) < 4.78 is 27.7. The van der Waals surface area contributed by atoms with Crippen LogP contribution in [0.25, 0.3) is 0 Å². The van der Waals surface area contributed by atoms with E-state index in [1.807, 2.05) is 44.2 Å². The Balaban J connectivity index is 1.68. The fourth-order valence-corrected chi connectivity index (χ4v) is 4.36. The summed E-state index contributed by atoms with van der Waals surface area (Å²) in [4.78, 5) is 0.292. The van der Waals surface area contributed by atoms with Crippen molar-refractivity contribution in [3.05, 3.63) is 53.6 Å². The minimum Gasteiger partial charge on any atom is -0.382 e. The molecule has 0 unspecified atom stereocenters. The summed E-state index contributed by atoms with van der Waals surface area (Å²) in [6.45, 7) is 3.89. The molecule has 0 saturated heterocycles. The number of sulfonamides is 1. The third-order valence-electron chi connectivity index (χ3n) is 4.90. The Hall–Kier alpha value is -2.01. The van der Waals surface area contributed by atoms with Gasteiger partial charge in [-0.25, -0.2) is 8.42 Å². The van der Waals surface area contributed by atoms with Gasteiger partial charge in [0.2, 0.25) is 0 Å². The molecule has 1 saturated carbocycles. The van der Waals surface area contributed by atoms with E-state index < -0.39 is 10.0 Å². The Kier molecular flexibility index (Phi) is 5.33. The maximum absolute atomic E-state index is 12.5. The van der Waals surface area contributed by atoms with Gasteiger partial charge in [0.05, 0.1) is 4.90 Å². The molecule has 1 aliphatic carbocycles. The summed E-state index contributed by atoms with van der Waals surface area (Å²) in [7, 11) is -3.56. The van der Waals surface area contributed by atoms with Crippen LogP contribution < -0.4 is 10.0 Å². The van der Waals surface area contributed by atoms with Crippen LogP contribution in [0.4, 0.5) is 11.4 Å². The zero-order chi connectivity index (χ0) is 17.9. The highest BCUT2D eigenvalue weighted by atomic mass is 32.2.